The molecule has 9 nitrogen and oxygen atoms in total. The molecule has 4 aromatic rings. The Bertz CT molecular complexity index is 1320. The van der Waals surface area contributed by atoms with Gasteiger partial charge in [-0.25, -0.2) is 9.67 Å². The highest BCUT2D eigenvalue weighted by Gasteiger charge is 2.51. The van der Waals surface area contributed by atoms with E-state index in [0.717, 1.165) is 16.1 Å². The highest BCUT2D eigenvalue weighted by molar-refractivity contribution is 7.09. The zero-order chi connectivity index (χ0) is 24.3. The number of hydrogen-bond donors (Lipinski definition) is 2. The largest absolute Gasteiger partial charge is 0.365 e. The molecule has 1 atom stereocenters. The van der Waals surface area contributed by atoms with Crippen LogP contribution in [-0.2, 0) is 20.7 Å². The molecular formula is C25H23N5O4S. The molecule has 1 fully saturated rings. The van der Waals surface area contributed by atoms with Gasteiger partial charge >= 0.3 is 0 Å². The van der Waals surface area contributed by atoms with Crippen molar-refractivity contribution >= 4 is 23.2 Å². The summed E-state index contributed by atoms with van der Waals surface area (Å²) < 4.78 is 12.9. The number of ether oxygens (including phenoxy) is 2. The molecule has 0 aliphatic carbocycles. The molecule has 1 aliphatic heterocycles. The first kappa shape index (κ1) is 22.9. The monoisotopic (exact) mass is 489 g/mol. The van der Waals surface area contributed by atoms with E-state index in [1.54, 1.807) is 29.2 Å². The van der Waals surface area contributed by atoms with Crippen LogP contribution in [0, 0.1) is 0 Å². The first-order valence-corrected chi connectivity index (χ1v) is 11.9. The lowest BCUT2D eigenvalue weighted by Crippen LogP contribution is -2.61. The summed E-state index contributed by atoms with van der Waals surface area (Å²) in [6.45, 7) is 0.404. The summed E-state index contributed by atoms with van der Waals surface area (Å²) in [4.78, 5) is 31.3. The number of carbonyl (C=O) groups excluding carboxylic acids is 2. The number of nitrogens with one attached hydrogen (secondary N) is 1. The normalized spacial score (nSPS) is 15.5. The van der Waals surface area contributed by atoms with Crippen LogP contribution in [0.25, 0.3) is 17.1 Å². The number of pyridine rings is 1. The Morgan fingerprint density at radius 3 is 2.60 bits per heavy atom. The Kier molecular flexibility index (Phi) is 6.41. The van der Waals surface area contributed by atoms with Crippen LogP contribution in [0.4, 0.5) is 0 Å². The summed E-state index contributed by atoms with van der Waals surface area (Å²) in [6.07, 6.45) is 3.65. The molecule has 10 heteroatoms. The fraction of sp³-hybridized carbons (Fsp3) is 0.200. The fourth-order valence-corrected chi connectivity index (χ4v) is 4.80. The molecule has 5 rings (SSSR count). The van der Waals surface area contributed by atoms with Gasteiger partial charge in [0.15, 0.2) is 5.82 Å². The van der Waals surface area contributed by atoms with Gasteiger partial charge in [-0.15, -0.1) is 11.3 Å². The van der Waals surface area contributed by atoms with Gasteiger partial charge in [-0.1, -0.05) is 36.4 Å². The van der Waals surface area contributed by atoms with Crippen molar-refractivity contribution in [2.24, 2.45) is 5.73 Å². The SMILES string of the molecule is NC(=O)C1(C(Cc2cccs2)NC(=O)c2cccnc2-n2ccc(-c3ccccc3)n2)OCCO1. The van der Waals surface area contributed by atoms with Gasteiger partial charge in [0.05, 0.1) is 30.5 Å². The molecule has 3 N–H and O–H groups in total. The summed E-state index contributed by atoms with van der Waals surface area (Å²) >= 11 is 1.50. The molecule has 4 heterocycles. The van der Waals surface area contributed by atoms with Crippen LogP contribution in [0.3, 0.4) is 0 Å². The molecule has 1 saturated heterocycles. The van der Waals surface area contributed by atoms with Crippen molar-refractivity contribution in [2.75, 3.05) is 13.2 Å². The molecule has 0 bridgehead atoms. The number of thiophene rings is 1. The summed E-state index contributed by atoms with van der Waals surface area (Å²) in [5.41, 5.74) is 7.67. The number of benzene rings is 1. The first-order chi connectivity index (χ1) is 17.1. The second-order valence-electron chi connectivity index (χ2n) is 7.92. The third kappa shape index (κ3) is 4.59. The van der Waals surface area contributed by atoms with E-state index in [4.69, 9.17) is 15.2 Å². The number of primary amides is 1. The van der Waals surface area contributed by atoms with Crippen molar-refractivity contribution in [2.45, 2.75) is 18.2 Å². The third-order valence-corrected chi connectivity index (χ3v) is 6.61. The maximum Gasteiger partial charge on any atom is 0.280 e. The number of nitrogens with zero attached hydrogens (tertiary/aromatic N) is 3. The smallest absolute Gasteiger partial charge is 0.280 e. The van der Waals surface area contributed by atoms with Crippen molar-refractivity contribution in [1.29, 1.82) is 0 Å². The minimum Gasteiger partial charge on any atom is -0.365 e. The molecule has 0 saturated carbocycles. The van der Waals surface area contributed by atoms with Gasteiger partial charge in [-0.05, 0) is 29.6 Å². The van der Waals surface area contributed by atoms with Crippen molar-refractivity contribution in [3.05, 3.63) is 88.9 Å². The molecule has 1 aliphatic rings. The Morgan fingerprint density at radius 1 is 1.09 bits per heavy atom. The van der Waals surface area contributed by atoms with Crippen LogP contribution in [0.1, 0.15) is 15.2 Å². The molecule has 2 amide bonds. The summed E-state index contributed by atoms with van der Waals surface area (Å²) in [5.74, 6) is -2.65. The minimum atomic E-state index is -1.76. The lowest BCUT2D eigenvalue weighted by Gasteiger charge is -2.33. The Hall–Kier alpha value is -3.86. The number of aromatic nitrogens is 3. The molecule has 35 heavy (non-hydrogen) atoms. The predicted molar refractivity (Wildman–Crippen MR) is 130 cm³/mol. The van der Waals surface area contributed by atoms with E-state index in [9.17, 15) is 9.59 Å². The van der Waals surface area contributed by atoms with Crippen LogP contribution in [0.2, 0.25) is 0 Å². The minimum absolute atomic E-state index is 0.202. The third-order valence-electron chi connectivity index (χ3n) is 5.72. The van der Waals surface area contributed by atoms with Gasteiger partial charge in [0.1, 0.15) is 0 Å². The van der Waals surface area contributed by atoms with Crippen molar-refractivity contribution in [1.82, 2.24) is 20.1 Å². The summed E-state index contributed by atoms with van der Waals surface area (Å²) in [7, 11) is 0. The van der Waals surface area contributed by atoms with E-state index >= 15 is 0 Å². The highest BCUT2D eigenvalue weighted by atomic mass is 32.1. The molecule has 1 unspecified atom stereocenters. The fourth-order valence-electron chi connectivity index (χ4n) is 4.05. The standard InChI is InChI=1S/C25H23N5O4S/c26-24(32)25(33-13-14-34-25)21(16-18-8-5-15-35-18)28-23(31)19-9-4-11-27-22(19)30-12-10-20(29-30)17-6-2-1-3-7-17/h1-12,15,21H,13-14,16H2,(H2,26,32)(H,28,31). The Labute approximate surface area is 205 Å². The Morgan fingerprint density at radius 2 is 1.89 bits per heavy atom. The van der Waals surface area contributed by atoms with Gasteiger partial charge in [-0.2, -0.15) is 5.10 Å². The van der Waals surface area contributed by atoms with E-state index in [1.807, 2.05) is 53.9 Å². The van der Waals surface area contributed by atoms with Crippen molar-refractivity contribution in [3.63, 3.8) is 0 Å². The average molecular weight is 490 g/mol. The van der Waals surface area contributed by atoms with Gasteiger partial charge in [0.2, 0.25) is 0 Å². The van der Waals surface area contributed by atoms with Crippen molar-refractivity contribution < 1.29 is 19.1 Å². The second kappa shape index (κ2) is 9.79. The van der Waals surface area contributed by atoms with E-state index in [1.165, 1.54) is 11.3 Å². The summed E-state index contributed by atoms with van der Waals surface area (Å²) in [6, 6.07) is 17.9. The van der Waals surface area contributed by atoms with E-state index in [2.05, 4.69) is 15.4 Å². The molecule has 178 valence electrons. The van der Waals surface area contributed by atoms with Gasteiger partial charge in [0, 0.05) is 29.3 Å². The van der Waals surface area contributed by atoms with Crippen LogP contribution in [0.15, 0.2) is 78.4 Å². The predicted octanol–water partition coefficient (Wildman–Crippen LogP) is 2.57. The van der Waals surface area contributed by atoms with Crippen molar-refractivity contribution in [3.8, 4) is 17.1 Å². The molecule has 0 radical (unpaired) electrons. The number of carbonyl (C=O) groups is 2. The zero-order valence-electron chi connectivity index (χ0n) is 18.7. The second-order valence-corrected chi connectivity index (χ2v) is 8.96. The lowest BCUT2D eigenvalue weighted by molar-refractivity contribution is -0.189. The molecular weight excluding hydrogens is 466 g/mol. The quantitative estimate of drug-likeness (QED) is 0.392. The molecule has 0 spiro atoms. The average Bonchev–Trinajstić information content (AvgIpc) is 3.66. The lowest BCUT2D eigenvalue weighted by atomic mass is 10.0. The van der Waals surface area contributed by atoms with E-state index in [0.29, 0.717) is 12.2 Å². The van der Waals surface area contributed by atoms with E-state index in [-0.39, 0.29) is 18.8 Å². The van der Waals surface area contributed by atoms with E-state index < -0.39 is 23.6 Å². The number of nitrogens with two attached hydrogens (primary N) is 1. The number of hydrogen-bond acceptors (Lipinski definition) is 7. The number of rotatable bonds is 8. The van der Waals surface area contributed by atoms with Gasteiger partial charge in [0.25, 0.3) is 17.6 Å². The van der Waals surface area contributed by atoms with Crippen LogP contribution in [-0.4, -0.2) is 51.6 Å². The van der Waals surface area contributed by atoms with Crippen LogP contribution in [0.5, 0.6) is 0 Å². The number of amides is 2. The first-order valence-electron chi connectivity index (χ1n) is 11.0. The molecule has 1 aromatic carbocycles. The maximum absolute atomic E-state index is 13.5. The molecule has 3 aromatic heterocycles. The summed E-state index contributed by atoms with van der Waals surface area (Å²) in [5, 5.41) is 9.44. The Balaban J connectivity index is 1.46. The van der Waals surface area contributed by atoms with Gasteiger partial charge < -0.3 is 20.5 Å². The van der Waals surface area contributed by atoms with Gasteiger partial charge in [-0.3, -0.25) is 9.59 Å². The maximum atomic E-state index is 13.5. The van der Waals surface area contributed by atoms with Crippen LogP contribution < -0.4 is 11.1 Å². The highest BCUT2D eigenvalue weighted by Crippen LogP contribution is 2.28. The topological polar surface area (TPSA) is 121 Å². The van der Waals surface area contributed by atoms with Crippen LogP contribution >= 0.6 is 11.3 Å². The zero-order valence-corrected chi connectivity index (χ0v) is 19.5.